The van der Waals surface area contributed by atoms with Crippen molar-refractivity contribution >= 4 is 17.8 Å². The Kier molecular flexibility index (Phi) is 2.95. The molecule has 5 heteroatoms. The number of carbonyl (C=O) groups excluding carboxylic acids is 1. The molecule has 0 spiro atoms. The van der Waals surface area contributed by atoms with Crippen LogP contribution in [0.15, 0.2) is 30.7 Å². The van der Waals surface area contributed by atoms with Crippen molar-refractivity contribution in [2.24, 2.45) is 7.05 Å². The molecule has 2 heterocycles. The van der Waals surface area contributed by atoms with Gasteiger partial charge < -0.3 is 14.8 Å². The van der Waals surface area contributed by atoms with Crippen molar-refractivity contribution in [1.82, 2.24) is 9.55 Å². The van der Waals surface area contributed by atoms with Crippen LogP contribution in [0.25, 0.3) is 0 Å². The molecule has 5 nitrogen and oxygen atoms in total. The van der Waals surface area contributed by atoms with E-state index in [0.717, 1.165) is 30.9 Å². The summed E-state index contributed by atoms with van der Waals surface area (Å²) >= 11 is 0. The standard InChI is InChI=1S/C14H16N4O/c1-17-7-13(15-9-17)8-18-5-4-11-2-3-12(16-10-19)6-14(11)18/h2-3,6-7,9-10H,4-5,8H2,1H3,(H,16,19). The molecule has 98 valence electrons. The van der Waals surface area contributed by atoms with E-state index in [9.17, 15) is 4.79 Å². The summed E-state index contributed by atoms with van der Waals surface area (Å²) in [5.74, 6) is 0. The Labute approximate surface area is 111 Å². The van der Waals surface area contributed by atoms with Crippen LogP contribution in [0.3, 0.4) is 0 Å². The summed E-state index contributed by atoms with van der Waals surface area (Å²) in [6.07, 6.45) is 5.60. The zero-order chi connectivity index (χ0) is 13.2. The Balaban J connectivity index is 1.83. The van der Waals surface area contributed by atoms with Crippen molar-refractivity contribution in [1.29, 1.82) is 0 Å². The second-order valence-electron chi connectivity index (χ2n) is 4.81. The van der Waals surface area contributed by atoms with Crippen LogP contribution < -0.4 is 10.2 Å². The summed E-state index contributed by atoms with van der Waals surface area (Å²) in [6, 6.07) is 6.05. The van der Waals surface area contributed by atoms with Crippen LogP contribution in [-0.4, -0.2) is 22.5 Å². The number of imidazole rings is 1. The molecule has 1 aromatic heterocycles. The molecular formula is C14H16N4O. The number of aryl methyl sites for hydroxylation is 1. The minimum Gasteiger partial charge on any atom is -0.365 e. The number of fused-ring (bicyclic) bond motifs is 1. The summed E-state index contributed by atoms with van der Waals surface area (Å²) in [5, 5.41) is 2.70. The monoisotopic (exact) mass is 256 g/mol. The number of anilines is 2. The second kappa shape index (κ2) is 4.76. The van der Waals surface area contributed by atoms with Gasteiger partial charge in [-0.05, 0) is 24.1 Å². The van der Waals surface area contributed by atoms with E-state index >= 15 is 0 Å². The van der Waals surface area contributed by atoms with E-state index in [1.165, 1.54) is 11.3 Å². The van der Waals surface area contributed by atoms with Gasteiger partial charge in [0, 0.05) is 31.2 Å². The van der Waals surface area contributed by atoms with Gasteiger partial charge in [0.05, 0.1) is 18.6 Å². The molecule has 3 rings (SSSR count). The molecule has 1 aliphatic heterocycles. The molecule has 0 unspecified atom stereocenters. The molecule has 1 amide bonds. The molecule has 1 aliphatic rings. The molecule has 19 heavy (non-hydrogen) atoms. The smallest absolute Gasteiger partial charge is 0.211 e. The van der Waals surface area contributed by atoms with Crippen molar-refractivity contribution < 1.29 is 4.79 Å². The lowest BCUT2D eigenvalue weighted by atomic mass is 10.1. The zero-order valence-electron chi connectivity index (χ0n) is 10.8. The number of benzene rings is 1. The highest BCUT2D eigenvalue weighted by Crippen LogP contribution is 2.31. The molecule has 0 radical (unpaired) electrons. The largest absolute Gasteiger partial charge is 0.365 e. The van der Waals surface area contributed by atoms with Gasteiger partial charge in [-0.15, -0.1) is 0 Å². The molecule has 1 N–H and O–H groups in total. The summed E-state index contributed by atoms with van der Waals surface area (Å²) in [5.41, 5.74) is 4.41. The van der Waals surface area contributed by atoms with Gasteiger partial charge in [0.25, 0.3) is 0 Å². The molecule has 0 fully saturated rings. The molecular weight excluding hydrogens is 240 g/mol. The maximum atomic E-state index is 10.5. The predicted molar refractivity (Wildman–Crippen MR) is 74.1 cm³/mol. The fourth-order valence-electron chi connectivity index (χ4n) is 2.51. The van der Waals surface area contributed by atoms with Crippen LogP contribution in [0, 0.1) is 0 Å². The molecule has 0 aliphatic carbocycles. The average molecular weight is 256 g/mol. The van der Waals surface area contributed by atoms with Gasteiger partial charge in [0.1, 0.15) is 0 Å². The predicted octanol–water partition coefficient (Wildman–Crippen LogP) is 1.55. The number of hydrogen-bond acceptors (Lipinski definition) is 3. The maximum Gasteiger partial charge on any atom is 0.211 e. The van der Waals surface area contributed by atoms with Crippen LogP contribution in [0.4, 0.5) is 11.4 Å². The fourth-order valence-corrected chi connectivity index (χ4v) is 2.51. The van der Waals surface area contributed by atoms with Gasteiger partial charge in [0.15, 0.2) is 0 Å². The van der Waals surface area contributed by atoms with Gasteiger partial charge in [-0.1, -0.05) is 6.07 Å². The lowest BCUT2D eigenvalue weighted by molar-refractivity contribution is -0.105. The lowest BCUT2D eigenvalue weighted by Crippen LogP contribution is -2.19. The highest BCUT2D eigenvalue weighted by Gasteiger charge is 2.20. The number of amides is 1. The number of hydrogen-bond donors (Lipinski definition) is 1. The van der Waals surface area contributed by atoms with Gasteiger partial charge in [0.2, 0.25) is 6.41 Å². The minimum absolute atomic E-state index is 0.708. The number of nitrogens with zero attached hydrogens (tertiary/aromatic N) is 3. The molecule has 0 bridgehead atoms. The highest BCUT2D eigenvalue weighted by molar-refractivity contribution is 5.75. The topological polar surface area (TPSA) is 50.2 Å². The van der Waals surface area contributed by atoms with Crippen molar-refractivity contribution in [2.75, 3.05) is 16.8 Å². The Bertz CT molecular complexity index is 605. The first-order valence-corrected chi connectivity index (χ1v) is 6.31. The van der Waals surface area contributed by atoms with Crippen LogP contribution in [0.5, 0.6) is 0 Å². The summed E-state index contributed by atoms with van der Waals surface area (Å²) in [7, 11) is 1.97. The van der Waals surface area contributed by atoms with E-state index in [1.807, 2.05) is 36.3 Å². The van der Waals surface area contributed by atoms with E-state index in [-0.39, 0.29) is 0 Å². The minimum atomic E-state index is 0.708. The SMILES string of the molecule is Cn1cnc(CN2CCc3ccc(NC=O)cc32)c1. The van der Waals surface area contributed by atoms with E-state index in [2.05, 4.69) is 21.3 Å². The third kappa shape index (κ3) is 2.31. The molecule has 1 aromatic carbocycles. The Morgan fingerprint density at radius 2 is 2.37 bits per heavy atom. The molecule has 2 aromatic rings. The van der Waals surface area contributed by atoms with E-state index in [1.54, 1.807) is 0 Å². The third-order valence-corrected chi connectivity index (χ3v) is 3.41. The van der Waals surface area contributed by atoms with E-state index in [4.69, 9.17) is 0 Å². The van der Waals surface area contributed by atoms with Gasteiger partial charge in [-0.2, -0.15) is 0 Å². The number of aromatic nitrogens is 2. The van der Waals surface area contributed by atoms with Crippen LogP contribution in [0.2, 0.25) is 0 Å². The summed E-state index contributed by atoms with van der Waals surface area (Å²) in [6.45, 7) is 1.80. The van der Waals surface area contributed by atoms with Crippen molar-refractivity contribution in [3.05, 3.63) is 42.0 Å². The number of carbonyl (C=O) groups is 1. The number of nitrogens with one attached hydrogen (secondary N) is 1. The van der Waals surface area contributed by atoms with E-state index < -0.39 is 0 Å². The Morgan fingerprint density at radius 3 is 3.11 bits per heavy atom. The van der Waals surface area contributed by atoms with Crippen LogP contribution >= 0.6 is 0 Å². The van der Waals surface area contributed by atoms with Crippen molar-refractivity contribution in [3.63, 3.8) is 0 Å². The van der Waals surface area contributed by atoms with Crippen molar-refractivity contribution in [2.45, 2.75) is 13.0 Å². The van der Waals surface area contributed by atoms with Crippen LogP contribution in [0.1, 0.15) is 11.3 Å². The summed E-state index contributed by atoms with van der Waals surface area (Å²) < 4.78 is 1.96. The van der Waals surface area contributed by atoms with Gasteiger partial charge >= 0.3 is 0 Å². The van der Waals surface area contributed by atoms with Crippen molar-refractivity contribution in [3.8, 4) is 0 Å². The first-order valence-electron chi connectivity index (χ1n) is 6.31. The van der Waals surface area contributed by atoms with Crippen LogP contribution in [-0.2, 0) is 24.8 Å². The second-order valence-corrected chi connectivity index (χ2v) is 4.81. The lowest BCUT2D eigenvalue weighted by Gasteiger charge is -2.18. The molecule has 0 saturated heterocycles. The fraction of sp³-hybridized carbons (Fsp3) is 0.286. The highest BCUT2D eigenvalue weighted by atomic mass is 16.1. The molecule has 0 saturated carbocycles. The number of rotatable bonds is 4. The van der Waals surface area contributed by atoms with E-state index in [0.29, 0.717) is 6.41 Å². The normalized spacial score (nSPS) is 13.4. The quantitative estimate of drug-likeness (QED) is 0.844. The first kappa shape index (κ1) is 11.8. The average Bonchev–Trinajstić information content (AvgIpc) is 2.98. The third-order valence-electron chi connectivity index (χ3n) is 3.41. The van der Waals surface area contributed by atoms with Gasteiger partial charge in [-0.25, -0.2) is 4.98 Å². The van der Waals surface area contributed by atoms with Gasteiger partial charge in [-0.3, -0.25) is 4.79 Å². The Morgan fingerprint density at radius 1 is 1.47 bits per heavy atom. The summed E-state index contributed by atoms with van der Waals surface area (Å²) in [4.78, 5) is 17.2. The zero-order valence-corrected chi connectivity index (χ0v) is 10.8. The first-order chi connectivity index (χ1) is 9.26. The molecule has 0 atom stereocenters. The maximum absolute atomic E-state index is 10.5. The Hall–Kier alpha value is -2.30.